The van der Waals surface area contributed by atoms with Gasteiger partial charge in [-0.05, 0) is 11.6 Å². The summed E-state index contributed by atoms with van der Waals surface area (Å²) in [6, 6.07) is 11.8. The molecule has 0 aliphatic rings. The van der Waals surface area contributed by atoms with Crippen molar-refractivity contribution in [1.29, 1.82) is 0 Å². The first kappa shape index (κ1) is 9.84. The molecule has 0 bridgehead atoms. The van der Waals surface area contributed by atoms with Gasteiger partial charge in [0.1, 0.15) is 0 Å². The first-order valence-electron chi connectivity index (χ1n) is 5.36. The normalized spacial score (nSPS) is 10.9. The lowest BCUT2D eigenvalue weighted by Crippen LogP contribution is -2.01. The van der Waals surface area contributed by atoms with Crippen molar-refractivity contribution in [2.24, 2.45) is 7.05 Å². The molecule has 0 radical (unpaired) electrons. The van der Waals surface area contributed by atoms with Gasteiger partial charge in [0.25, 0.3) is 5.56 Å². The molecule has 0 aliphatic heterocycles. The number of hydrogen-bond donors (Lipinski definition) is 1. The number of aromatic amines is 1. The third-order valence-corrected chi connectivity index (χ3v) is 2.81. The summed E-state index contributed by atoms with van der Waals surface area (Å²) in [4.78, 5) is 16.0. The lowest BCUT2D eigenvalue weighted by atomic mass is 10.1. The van der Waals surface area contributed by atoms with E-state index in [1.807, 2.05) is 36.4 Å². The minimum atomic E-state index is -0.104. The van der Waals surface area contributed by atoms with Gasteiger partial charge >= 0.3 is 0 Å². The Bertz CT molecular complexity index is 725. The highest BCUT2D eigenvalue weighted by Gasteiger charge is 2.07. The first-order valence-corrected chi connectivity index (χ1v) is 5.36. The predicted molar refractivity (Wildman–Crippen MR) is 66.8 cm³/mol. The van der Waals surface area contributed by atoms with Crippen molar-refractivity contribution < 1.29 is 0 Å². The minimum Gasteiger partial charge on any atom is -0.271 e. The van der Waals surface area contributed by atoms with Crippen LogP contribution in [-0.2, 0) is 7.05 Å². The van der Waals surface area contributed by atoms with Crippen LogP contribution in [0.25, 0.3) is 22.2 Å². The largest absolute Gasteiger partial charge is 0.273 e. The number of benzene rings is 1. The highest BCUT2D eigenvalue weighted by Crippen LogP contribution is 2.20. The lowest BCUT2D eigenvalue weighted by molar-refractivity contribution is 0.774. The van der Waals surface area contributed by atoms with Crippen LogP contribution in [-0.4, -0.2) is 14.8 Å². The Hall–Kier alpha value is -2.36. The van der Waals surface area contributed by atoms with Crippen LogP contribution in [0.2, 0.25) is 0 Å². The minimum absolute atomic E-state index is 0.104. The Morgan fingerprint density at radius 2 is 1.94 bits per heavy atom. The van der Waals surface area contributed by atoms with Crippen LogP contribution in [0.4, 0.5) is 0 Å². The maximum absolute atomic E-state index is 11.7. The molecule has 3 aromatic rings. The average Bonchev–Trinajstić information content (AvgIpc) is 2.66. The van der Waals surface area contributed by atoms with E-state index in [4.69, 9.17) is 0 Å². The zero-order valence-corrected chi connectivity index (χ0v) is 9.34. The molecule has 1 N–H and O–H groups in total. The van der Waals surface area contributed by atoms with Crippen molar-refractivity contribution in [3.05, 3.63) is 52.9 Å². The van der Waals surface area contributed by atoms with Gasteiger partial charge in [-0.1, -0.05) is 30.3 Å². The van der Waals surface area contributed by atoms with Crippen molar-refractivity contribution in [2.45, 2.75) is 0 Å². The summed E-state index contributed by atoms with van der Waals surface area (Å²) >= 11 is 0. The van der Waals surface area contributed by atoms with Crippen molar-refractivity contribution in [2.75, 3.05) is 0 Å². The number of aryl methyl sites for hydroxylation is 1. The smallest absolute Gasteiger partial charge is 0.271 e. The fraction of sp³-hybridized carbons (Fsp3) is 0.0769. The number of hydrogen-bond acceptors (Lipinski definition) is 2. The summed E-state index contributed by atoms with van der Waals surface area (Å²) < 4.78 is 1.63. The van der Waals surface area contributed by atoms with Gasteiger partial charge in [-0.2, -0.15) is 0 Å². The van der Waals surface area contributed by atoms with Crippen LogP contribution >= 0.6 is 0 Å². The summed E-state index contributed by atoms with van der Waals surface area (Å²) in [6.45, 7) is 0. The van der Waals surface area contributed by atoms with E-state index < -0.39 is 0 Å². The van der Waals surface area contributed by atoms with Crippen molar-refractivity contribution in [3.8, 4) is 11.1 Å². The second-order valence-corrected chi connectivity index (χ2v) is 3.96. The zero-order valence-electron chi connectivity index (χ0n) is 9.34. The van der Waals surface area contributed by atoms with Gasteiger partial charge in [0.15, 0.2) is 5.65 Å². The molecule has 2 heterocycles. The molecule has 84 valence electrons. The number of fused-ring (bicyclic) bond motifs is 1. The van der Waals surface area contributed by atoms with Gasteiger partial charge < -0.3 is 0 Å². The maximum atomic E-state index is 11.7. The molecule has 0 fully saturated rings. The van der Waals surface area contributed by atoms with Crippen LogP contribution < -0.4 is 5.56 Å². The Morgan fingerprint density at radius 3 is 2.71 bits per heavy atom. The quantitative estimate of drug-likeness (QED) is 0.688. The third-order valence-electron chi connectivity index (χ3n) is 2.81. The number of pyridine rings is 1. The van der Waals surface area contributed by atoms with Gasteiger partial charge in [0.2, 0.25) is 0 Å². The number of rotatable bonds is 1. The Balaban J connectivity index is 2.27. The molecule has 0 unspecified atom stereocenters. The number of aromatic nitrogens is 3. The van der Waals surface area contributed by atoms with Crippen LogP contribution in [0, 0.1) is 0 Å². The van der Waals surface area contributed by atoms with E-state index >= 15 is 0 Å². The molecular formula is C13H11N3O. The standard InChI is InChI=1S/C13H11N3O/c1-16-12-11(13(17)15-16)7-10(8-14-12)9-5-3-2-4-6-9/h2-8H,1H3,(H,15,17). The van der Waals surface area contributed by atoms with Gasteiger partial charge in [0, 0.05) is 18.8 Å². The molecule has 4 heteroatoms. The number of nitrogens with one attached hydrogen (secondary N) is 1. The van der Waals surface area contributed by atoms with Gasteiger partial charge in [-0.15, -0.1) is 0 Å². The molecule has 0 saturated carbocycles. The molecule has 2 aromatic heterocycles. The summed E-state index contributed by atoms with van der Waals surface area (Å²) in [7, 11) is 1.78. The molecule has 0 aliphatic carbocycles. The molecule has 0 spiro atoms. The van der Waals surface area contributed by atoms with Gasteiger partial charge in [-0.3, -0.25) is 14.6 Å². The summed E-state index contributed by atoms with van der Waals surface area (Å²) in [5.41, 5.74) is 2.59. The van der Waals surface area contributed by atoms with Crippen LogP contribution in [0.3, 0.4) is 0 Å². The van der Waals surface area contributed by atoms with Gasteiger partial charge in [-0.25, -0.2) is 4.98 Å². The maximum Gasteiger partial charge on any atom is 0.273 e. The lowest BCUT2D eigenvalue weighted by Gasteiger charge is -2.00. The van der Waals surface area contributed by atoms with Crippen LogP contribution in [0.15, 0.2) is 47.4 Å². The fourth-order valence-corrected chi connectivity index (χ4v) is 1.95. The fourth-order valence-electron chi connectivity index (χ4n) is 1.95. The highest BCUT2D eigenvalue weighted by atomic mass is 16.1. The first-order chi connectivity index (χ1) is 8.25. The summed E-state index contributed by atoms with van der Waals surface area (Å²) in [5.74, 6) is 0. The molecule has 17 heavy (non-hydrogen) atoms. The van der Waals surface area contributed by atoms with E-state index in [1.165, 1.54) is 0 Å². The zero-order chi connectivity index (χ0) is 11.8. The van der Waals surface area contributed by atoms with E-state index in [-0.39, 0.29) is 5.56 Å². The third kappa shape index (κ3) is 1.54. The molecule has 0 atom stereocenters. The SMILES string of the molecule is Cn1[nH]c(=O)c2cc(-c3ccccc3)cnc21. The second kappa shape index (κ2) is 3.59. The molecular weight excluding hydrogens is 214 g/mol. The van der Waals surface area contributed by atoms with Crippen LogP contribution in [0.1, 0.15) is 0 Å². The topological polar surface area (TPSA) is 50.7 Å². The average molecular weight is 225 g/mol. The van der Waals surface area contributed by atoms with Crippen molar-refractivity contribution >= 4 is 11.0 Å². The summed E-state index contributed by atoms with van der Waals surface area (Å²) in [6.07, 6.45) is 1.78. The second-order valence-electron chi connectivity index (χ2n) is 3.96. The van der Waals surface area contributed by atoms with E-state index in [0.29, 0.717) is 11.0 Å². The number of H-pyrrole nitrogens is 1. The molecule has 1 aromatic carbocycles. The molecule has 4 nitrogen and oxygen atoms in total. The Kier molecular flexibility index (Phi) is 2.08. The van der Waals surface area contributed by atoms with Crippen LogP contribution in [0.5, 0.6) is 0 Å². The van der Waals surface area contributed by atoms with E-state index in [2.05, 4.69) is 10.1 Å². The van der Waals surface area contributed by atoms with Gasteiger partial charge in [0.05, 0.1) is 5.39 Å². The summed E-state index contributed by atoms with van der Waals surface area (Å²) in [5, 5.41) is 3.31. The molecule has 3 rings (SSSR count). The molecule has 0 amide bonds. The number of nitrogens with zero attached hydrogens (tertiary/aromatic N) is 2. The Morgan fingerprint density at radius 1 is 1.18 bits per heavy atom. The monoisotopic (exact) mass is 225 g/mol. The van der Waals surface area contributed by atoms with Crippen molar-refractivity contribution in [1.82, 2.24) is 14.8 Å². The van der Waals surface area contributed by atoms with E-state index in [9.17, 15) is 4.79 Å². The highest BCUT2D eigenvalue weighted by molar-refractivity contribution is 5.80. The van der Waals surface area contributed by atoms with E-state index in [1.54, 1.807) is 17.9 Å². The molecule has 0 saturated heterocycles. The van der Waals surface area contributed by atoms with E-state index in [0.717, 1.165) is 11.1 Å². The predicted octanol–water partition coefficient (Wildman–Crippen LogP) is 1.93. The Labute approximate surface area is 97.5 Å². The van der Waals surface area contributed by atoms with Crippen molar-refractivity contribution in [3.63, 3.8) is 0 Å².